The molecule has 0 fully saturated rings. The lowest BCUT2D eigenvalue weighted by Crippen LogP contribution is -1.79. The molecule has 7 nitrogen and oxygen atoms in total. The molecule has 3 aromatic carbocycles. The third-order valence-corrected chi connectivity index (χ3v) is 4.27. The zero-order valence-electron chi connectivity index (χ0n) is 13.7. The van der Waals surface area contributed by atoms with Gasteiger partial charge in [0.15, 0.2) is 34.5 Å². The van der Waals surface area contributed by atoms with Crippen molar-refractivity contribution in [1.82, 2.24) is 0 Å². The van der Waals surface area contributed by atoms with Crippen LogP contribution in [0.4, 0.5) is 0 Å². The predicted molar refractivity (Wildman–Crippen MR) is 97.1 cm³/mol. The molecule has 0 aliphatic rings. The average molecular weight is 366 g/mol. The van der Waals surface area contributed by atoms with E-state index in [1.165, 1.54) is 24.3 Å². The van der Waals surface area contributed by atoms with Gasteiger partial charge in [-0.15, -0.1) is 0 Å². The second kappa shape index (κ2) is 5.77. The smallest absolute Gasteiger partial charge is 0.200 e. The lowest BCUT2D eigenvalue weighted by molar-refractivity contribution is 0.368. The van der Waals surface area contributed by atoms with Crippen LogP contribution >= 0.6 is 0 Å². The molecule has 6 N–H and O–H groups in total. The van der Waals surface area contributed by atoms with E-state index in [0.717, 1.165) is 0 Å². The van der Waals surface area contributed by atoms with Crippen LogP contribution in [0.25, 0.3) is 33.4 Å². The Morgan fingerprint density at radius 2 is 1.04 bits per heavy atom. The molecule has 1 aromatic heterocycles. The molecule has 4 aromatic rings. The predicted octanol–water partition coefficient (Wildman–Crippen LogP) is 4.00. The number of phenols is 6. The molecular weight excluding hydrogens is 352 g/mol. The van der Waals surface area contributed by atoms with E-state index in [2.05, 4.69) is 0 Å². The number of hydrogen-bond donors (Lipinski definition) is 6. The van der Waals surface area contributed by atoms with Gasteiger partial charge in [-0.25, -0.2) is 0 Å². The maximum Gasteiger partial charge on any atom is 0.200 e. The summed E-state index contributed by atoms with van der Waals surface area (Å²) >= 11 is 0. The highest BCUT2D eigenvalue weighted by molar-refractivity contribution is 5.88. The second-order valence-corrected chi connectivity index (χ2v) is 6.09. The minimum Gasteiger partial charge on any atom is -0.504 e. The summed E-state index contributed by atoms with van der Waals surface area (Å²) in [5.74, 6) is -2.64. The van der Waals surface area contributed by atoms with E-state index in [4.69, 9.17) is 4.42 Å². The first-order valence-corrected chi connectivity index (χ1v) is 7.87. The van der Waals surface area contributed by atoms with Crippen molar-refractivity contribution in [2.75, 3.05) is 0 Å². The van der Waals surface area contributed by atoms with Crippen LogP contribution in [0.5, 0.6) is 34.5 Å². The van der Waals surface area contributed by atoms with Crippen LogP contribution in [-0.4, -0.2) is 30.6 Å². The number of benzene rings is 3. The monoisotopic (exact) mass is 366 g/mol. The van der Waals surface area contributed by atoms with Crippen LogP contribution in [0.3, 0.4) is 0 Å². The summed E-state index contributed by atoms with van der Waals surface area (Å²) in [7, 11) is 0. The molecule has 27 heavy (non-hydrogen) atoms. The Morgan fingerprint density at radius 3 is 1.59 bits per heavy atom. The molecule has 0 spiro atoms. The molecule has 0 saturated heterocycles. The molecule has 0 aliphatic heterocycles. The molecule has 0 saturated carbocycles. The molecule has 136 valence electrons. The van der Waals surface area contributed by atoms with Gasteiger partial charge in [-0.05, 0) is 53.6 Å². The SMILES string of the molecule is Oc1cc(-c2ccc3oc(-c4cc(O)c(O)c(O)c4)cc3c2)cc(O)c1O. The number of hydrogen-bond acceptors (Lipinski definition) is 7. The Morgan fingerprint density at radius 1 is 0.519 bits per heavy atom. The zero-order chi connectivity index (χ0) is 19.3. The van der Waals surface area contributed by atoms with Crippen molar-refractivity contribution in [3.8, 4) is 56.9 Å². The third-order valence-electron chi connectivity index (χ3n) is 4.27. The summed E-state index contributed by atoms with van der Waals surface area (Å²) in [6, 6.07) is 12.0. The van der Waals surface area contributed by atoms with Gasteiger partial charge in [0.05, 0.1) is 0 Å². The summed E-state index contributed by atoms with van der Waals surface area (Å²) in [6.07, 6.45) is 0. The first-order valence-electron chi connectivity index (χ1n) is 7.87. The van der Waals surface area contributed by atoms with Crippen LogP contribution in [0.1, 0.15) is 0 Å². The van der Waals surface area contributed by atoms with Gasteiger partial charge < -0.3 is 35.1 Å². The van der Waals surface area contributed by atoms with E-state index < -0.39 is 34.5 Å². The van der Waals surface area contributed by atoms with Crippen molar-refractivity contribution in [2.24, 2.45) is 0 Å². The molecule has 1 heterocycles. The van der Waals surface area contributed by atoms with Crippen LogP contribution in [0.2, 0.25) is 0 Å². The Balaban J connectivity index is 1.81. The summed E-state index contributed by atoms with van der Waals surface area (Å²) in [6.45, 7) is 0. The van der Waals surface area contributed by atoms with E-state index in [1.54, 1.807) is 24.3 Å². The lowest BCUT2D eigenvalue weighted by atomic mass is 10.0. The maximum absolute atomic E-state index is 9.69. The lowest BCUT2D eigenvalue weighted by Gasteiger charge is -2.06. The first-order chi connectivity index (χ1) is 12.8. The largest absolute Gasteiger partial charge is 0.504 e. The van der Waals surface area contributed by atoms with Crippen molar-refractivity contribution in [1.29, 1.82) is 0 Å². The van der Waals surface area contributed by atoms with Crippen molar-refractivity contribution in [3.05, 3.63) is 48.5 Å². The Labute approximate surface area is 152 Å². The van der Waals surface area contributed by atoms with Gasteiger partial charge in [0.1, 0.15) is 11.3 Å². The van der Waals surface area contributed by atoms with E-state index >= 15 is 0 Å². The first kappa shape index (κ1) is 16.5. The fourth-order valence-electron chi connectivity index (χ4n) is 2.88. The topological polar surface area (TPSA) is 135 Å². The molecular formula is C20H14O7. The second-order valence-electron chi connectivity index (χ2n) is 6.09. The molecule has 7 heteroatoms. The highest BCUT2D eigenvalue weighted by Crippen LogP contribution is 2.42. The third kappa shape index (κ3) is 2.71. The Kier molecular flexibility index (Phi) is 3.52. The summed E-state index contributed by atoms with van der Waals surface area (Å²) in [5.41, 5.74) is 2.07. The van der Waals surface area contributed by atoms with Gasteiger partial charge in [-0.1, -0.05) is 6.07 Å². The molecule has 0 bridgehead atoms. The van der Waals surface area contributed by atoms with E-state index in [1.807, 2.05) is 0 Å². The highest BCUT2D eigenvalue weighted by atomic mass is 16.3. The molecule has 0 unspecified atom stereocenters. The van der Waals surface area contributed by atoms with Gasteiger partial charge in [0.25, 0.3) is 0 Å². The number of aromatic hydroxyl groups is 6. The molecule has 0 aliphatic carbocycles. The molecule has 0 atom stereocenters. The normalized spacial score (nSPS) is 11.1. The summed E-state index contributed by atoms with van der Waals surface area (Å²) < 4.78 is 5.72. The minimum absolute atomic E-state index is 0.365. The van der Waals surface area contributed by atoms with Gasteiger partial charge in [0, 0.05) is 10.9 Å². The van der Waals surface area contributed by atoms with Crippen LogP contribution in [-0.2, 0) is 0 Å². The van der Waals surface area contributed by atoms with Crippen molar-refractivity contribution < 1.29 is 35.1 Å². The summed E-state index contributed by atoms with van der Waals surface area (Å²) in [5, 5.41) is 58.3. The molecule has 0 amide bonds. The summed E-state index contributed by atoms with van der Waals surface area (Å²) in [4.78, 5) is 0. The van der Waals surface area contributed by atoms with Crippen LogP contribution in [0.15, 0.2) is 52.9 Å². The van der Waals surface area contributed by atoms with Gasteiger partial charge in [-0.3, -0.25) is 0 Å². The van der Waals surface area contributed by atoms with E-state index in [-0.39, 0.29) is 0 Å². The van der Waals surface area contributed by atoms with Crippen molar-refractivity contribution in [3.63, 3.8) is 0 Å². The fourth-order valence-corrected chi connectivity index (χ4v) is 2.88. The molecule has 4 rings (SSSR count). The average Bonchev–Trinajstić information content (AvgIpc) is 3.06. The van der Waals surface area contributed by atoms with Gasteiger partial charge in [-0.2, -0.15) is 0 Å². The quantitative estimate of drug-likeness (QED) is 0.295. The Hall–Kier alpha value is -4.00. The zero-order valence-corrected chi connectivity index (χ0v) is 13.7. The number of phenolic OH excluding ortho intramolecular Hbond substituents is 6. The maximum atomic E-state index is 9.69. The number of fused-ring (bicyclic) bond motifs is 1. The highest BCUT2D eigenvalue weighted by Gasteiger charge is 2.14. The van der Waals surface area contributed by atoms with E-state index in [0.29, 0.717) is 33.4 Å². The fraction of sp³-hybridized carbons (Fsp3) is 0. The van der Waals surface area contributed by atoms with Crippen LogP contribution in [0, 0.1) is 0 Å². The molecule has 0 radical (unpaired) electrons. The van der Waals surface area contributed by atoms with Gasteiger partial charge >= 0.3 is 0 Å². The standard InChI is InChI=1S/C20H14O7/c21-13-4-10(5-14(22)19(13)25)9-1-2-17-11(3-9)8-18(27-17)12-6-15(23)20(26)16(24)7-12/h1-8,21-26H. The number of furan rings is 1. The Bertz CT molecular complexity index is 1090. The minimum atomic E-state index is -0.607. The van der Waals surface area contributed by atoms with Gasteiger partial charge in [0.2, 0.25) is 0 Å². The number of rotatable bonds is 2. The van der Waals surface area contributed by atoms with Crippen LogP contribution < -0.4 is 0 Å². The van der Waals surface area contributed by atoms with E-state index in [9.17, 15) is 30.6 Å². The van der Waals surface area contributed by atoms with Crippen molar-refractivity contribution in [2.45, 2.75) is 0 Å². The van der Waals surface area contributed by atoms with Crippen molar-refractivity contribution >= 4 is 11.0 Å².